The first-order valence-electron chi connectivity index (χ1n) is 6.88. The van der Waals surface area contributed by atoms with E-state index in [1.54, 1.807) is 18.2 Å². The molecule has 0 saturated carbocycles. The highest BCUT2D eigenvalue weighted by molar-refractivity contribution is 6.31. The van der Waals surface area contributed by atoms with Gasteiger partial charge in [-0.3, -0.25) is 4.79 Å². The lowest BCUT2D eigenvalue weighted by Gasteiger charge is -2.12. The molecule has 8 heteroatoms. The maximum atomic E-state index is 13.4. The number of benzene rings is 2. The van der Waals surface area contributed by atoms with Crippen LogP contribution in [0.25, 0.3) is 0 Å². The van der Waals surface area contributed by atoms with Crippen molar-refractivity contribution in [1.82, 2.24) is 5.32 Å². The van der Waals surface area contributed by atoms with Gasteiger partial charge in [-0.2, -0.15) is 13.2 Å². The van der Waals surface area contributed by atoms with Gasteiger partial charge < -0.3 is 10.6 Å². The molecule has 128 valence electrons. The van der Waals surface area contributed by atoms with E-state index in [0.29, 0.717) is 5.56 Å². The maximum absolute atomic E-state index is 13.4. The number of carbonyl (C=O) groups excluding carboxylic acids is 1. The Morgan fingerprint density at radius 3 is 2.50 bits per heavy atom. The number of hydrogen-bond acceptors (Lipinski definition) is 2. The minimum absolute atomic E-state index is 0.0237. The van der Waals surface area contributed by atoms with Gasteiger partial charge in [-0.05, 0) is 24.3 Å². The summed E-state index contributed by atoms with van der Waals surface area (Å²) in [6.07, 6.45) is -4.61. The summed E-state index contributed by atoms with van der Waals surface area (Å²) in [5.41, 5.74) is -0.665. The third kappa shape index (κ3) is 4.94. The molecule has 0 fully saturated rings. The summed E-state index contributed by atoms with van der Waals surface area (Å²) in [4.78, 5) is 11.8. The second-order valence-corrected chi connectivity index (χ2v) is 5.34. The number of anilines is 1. The van der Waals surface area contributed by atoms with Crippen molar-refractivity contribution in [2.24, 2.45) is 0 Å². The van der Waals surface area contributed by atoms with Crippen LogP contribution in [-0.4, -0.2) is 12.5 Å². The van der Waals surface area contributed by atoms with Gasteiger partial charge in [0.1, 0.15) is 5.82 Å². The monoisotopic (exact) mass is 360 g/mol. The number of carbonyl (C=O) groups is 1. The van der Waals surface area contributed by atoms with E-state index in [4.69, 9.17) is 11.6 Å². The second-order valence-electron chi connectivity index (χ2n) is 4.94. The van der Waals surface area contributed by atoms with Gasteiger partial charge in [0, 0.05) is 17.8 Å². The lowest BCUT2D eigenvalue weighted by molar-refractivity contribution is -0.137. The van der Waals surface area contributed by atoms with E-state index < -0.39 is 28.5 Å². The van der Waals surface area contributed by atoms with Crippen molar-refractivity contribution in [2.45, 2.75) is 12.7 Å². The van der Waals surface area contributed by atoms with Crippen molar-refractivity contribution in [1.29, 1.82) is 0 Å². The molecule has 2 N–H and O–H groups in total. The molecule has 0 bridgehead atoms. The Labute approximate surface area is 140 Å². The van der Waals surface area contributed by atoms with Gasteiger partial charge in [0.05, 0.1) is 17.1 Å². The summed E-state index contributed by atoms with van der Waals surface area (Å²) in [6.45, 7) is -0.0627. The Morgan fingerprint density at radius 1 is 1.12 bits per heavy atom. The highest BCUT2D eigenvalue weighted by Crippen LogP contribution is 2.36. The summed E-state index contributed by atoms with van der Waals surface area (Å²) in [6, 6.07) is 9.16. The molecule has 2 aromatic carbocycles. The van der Waals surface area contributed by atoms with Crippen molar-refractivity contribution >= 4 is 23.2 Å². The van der Waals surface area contributed by atoms with E-state index in [1.807, 2.05) is 0 Å². The van der Waals surface area contributed by atoms with E-state index in [9.17, 15) is 22.4 Å². The predicted octanol–water partition coefficient (Wildman–Crippen LogP) is 4.23. The van der Waals surface area contributed by atoms with Gasteiger partial charge in [-0.1, -0.05) is 29.8 Å². The molecule has 0 aliphatic rings. The quantitative estimate of drug-likeness (QED) is 0.784. The Bertz CT molecular complexity index is 734. The first-order chi connectivity index (χ1) is 11.3. The lowest BCUT2D eigenvalue weighted by Crippen LogP contribution is -2.28. The van der Waals surface area contributed by atoms with Crippen LogP contribution in [-0.2, 0) is 17.5 Å². The van der Waals surface area contributed by atoms with Crippen LogP contribution in [0, 0.1) is 5.82 Å². The van der Waals surface area contributed by atoms with E-state index >= 15 is 0 Å². The fourth-order valence-corrected chi connectivity index (χ4v) is 2.20. The third-order valence-electron chi connectivity index (χ3n) is 3.11. The fourth-order valence-electron chi connectivity index (χ4n) is 1.98. The number of alkyl halides is 3. The largest absolute Gasteiger partial charge is 0.417 e. The highest BCUT2D eigenvalue weighted by atomic mass is 35.5. The van der Waals surface area contributed by atoms with Crippen LogP contribution in [0.4, 0.5) is 23.2 Å². The smallest absolute Gasteiger partial charge is 0.325 e. The van der Waals surface area contributed by atoms with Crippen molar-refractivity contribution in [2.75, 3.05) is 11.9 Å². The van der Waals surface area contributed by atoms with Crippen molar-refractivity contribution in [3.8, 4) is 0 Å². The minimum Gasteiger partial charge on any atom is -0.325 e. The molecule has 0 aliphatic carbocycles. The van der Waals surface area contributed by atoms with Gasteiger partial charge in [-0.15, -0.1) is 0 Å². The zero-order chi connectivity index (χ0) is 17.7. The van der Waals surface area contributed by atoms with Crippen molar-refractivity contribution in [3.63, 3.8) is 0 Å². The van der Waals surface area contributed by atoms with Gasteiger partial charge in [0.2, 0.25) is 5.91 Å². The molecule has 0 unspecified atom stereocenters. The van der Waals surface area contributed by atoms with Crippen LogP contribution >= 0.6 is 11.6 Å². The average Bonchev–Trinajstić information content (AvgIpc) is 2.50. The molecular weight excluding hydrogens is 348 g/mol. The number of rotatable bonds is 5. The van der Waals surface area contributed by atoms with Gasteiger partial charge in [0.15, 0.2) is 0 Å². The van der Waals surface area contributed by atoms with Crippen LogP contribution in [0.5, 0.6) is 0 Å². The highest BCUT2D eigenvalue weighted by Gasteiger charge is 2.33. The van der Waals surface area contributed by atoms with Crippen LogP contribution in [0.15, 0.2) is 42.5 Å². The fraction of sp³-hybridized carbons (Fsp3) is 0.188. The zero-order valence-corrected chi connectivity index (χ0v) is 13.0. The molecule has 0 saturated heterocycles. The summed E-state index contributed by atoms with van der Waals surface area (Å²) in [7, 11) is 0. The first kappa shape index (κ1) is 18.2. The Kier molecular flexibility index (Phi) is 5.80. The van der Waals surface area contributed by atoms with E-state index in [0.717, 1.165) is 12.1 Å². The normalized spacial score (nSPS) is 11.4. The number of amides is 1. The van der Waals surface area contributed by atoms with Crippen LogP contribution in [0.3, 0.4) is 0 Å². The molecule has 0 aliphatic heterocycles. The zero-order valence-electron chi connectivity index (χ0n) is 12.3. The van der Waals surface area contributed by atoms with E-state index in [-0.39, 0.29) is 18.8 Å². The number of hydrogen-bond donors (Lipinski definition) is 2. The molecule has 2 aromatic rings. The Morgan fingerprint density at radius 2 is 1.83 bits per heavy atom. The SMILES string of the molecule is O=C(CNCc1ccccc1F)Nc1ccc(Cl)c(C(F)(F)F)c1. The first-order valence-corrected chi connectivity index (χ1v) is 7.26. The number of nitrogens with one attached hydrogen (secondary N) is 2. The summed E-state index contributed by atoms with van der Waals surface area (Å²) in [5.74, 6) is -0.959. The predicted molar refractivity (Wildman–Crippen MR) is 83.2 cm³/mol. The standard InChI is InChI=1S/C16H13ClF4N2O/c17-13-6-5-11(7-12(13)16(19,20)21)23-15(24)9-22-8-10-3-1-2-4-14(10)18/h1-7,22H,8-9H2,(H,23,24). The van der Waals surface area contributed by atoms with Crippen molar-refractivity contribution < 1.29 is 22.4 Å². The number of halogens is 5. The summed E-state index contributed by atoms with van der Waals surface area (Å²) < 4.78 is 51.6. The molecule has 24 heavy (non-hydrogen) atoms. The minimum atomic E-state index is -4.61. The molecule has 0 heterocycles. The van der Waals surface area contributed by atoms with Gasteiger partial charge >= 0.3 is 6.18 Å². The van der Waals surface area contributed by atoms with Gasteiger partial charge in [-0.25, -0.2) is 4.39 Å². The lowest BCUT2D eigenvalue weighted by atomic mass is 10.2. The Hall–Kier alpha value is -2.12. The topological polar surface area (TPSA) is 41.1 Å². The third-order valence-corrected chi connectivity index (χ3v) is 3.44. The molecular formula is C16H13ClF4N2O. The molecule has 0 radical (unpaired) electrons. The Balaban J connectivity index is 1.92. The van der Waals surface area contributed by atoms with E-state index in [2.05, 4.69) is 10.6 Å². The molecule has 0 atom stereocenters. The second kappa shape index (κ2) is 7.63. The molecule has 2 rings (SSSR count). The van der Waals surface area contributed by atoms with Crippen molar-refractivity contribution in [3.05, 3.63) is 64.4 Å². The molecule has 0 spiro atoms. The average molecular weight is 361 g/mol. The molecule has 0 aromatic heterocycles. The van der Waals surface area contributed by atoms with Crippen LogP contribution < -0.4 is 10.6 Å². The van der Waals surface area contributed by atoms with Gasteiger partial charge in [0.25, 0.3) is 0 Å². The van der Waals surface area contributed by atoms with Crippen LogP contribution in [0.2, 0.25) is 5.02 Å². The molecule has 1 amide bonds. The van der Waals surface area contributed by atoms with Crippen LogP contribution in [0.1, 0.15) is 11.1 Å². The van der Waals surface area contributed by atoms with E-state index in [1.165, 1.54) is 12.1 Å². The maximum Gasteiger partial charge on any atom is 0.417 e. The molecule has 3 nitrogen and oxygen atoms in total. The summed E-state index contributed by atoms with van der Waals surface area (Å²) >= 11 is 5.50. The summed E-state index contributed by atoms with van der Waals surface area (Å²) in [5, 5.41) is 4.60.